The van der Waals surface area contributed by atoms with Gasteiger partial charge in [-0.25, -0.2) is 0 Å². The number of hydrogen-bond acceptors (Lipinski definition) is 6. The van der Waals surface area contributed by atoms with Gasteiger partial charge in [0.25, 0.3) is 5.91 Å². The molecule has 2 aliphatic heterocycles. The first-order valence-corrected chi connectivity index (χ1v) is 11.3. The summed E-state index contributed by atoms with van der Waals surface area (Å²) in [5, 5.41) is 20.8. The normalized spacial score (nSPS) is 30.1. The molecule has 1 aromatic carbocycles. The molecule has 1 unspecified atom stereocenters. The number of aliphatic hydroxyl groups is 2. The molecule has 6 N–H and O–H groups in total. The summed E-state index contributed by atoms with van der Waals surface area (Å²) in [5.74, 6) is 0.459. The molecule has 8 heteroatoms. The van der Waals surface area contributed by atoms with E-state index >= 15 is 0 Å². The van der Waals surface area contributed by atoms with E-state index < -0.39 is 11.5 Å². The minimum Gasteiger partial charge on any atom is -0.489 e. The van der Waals surface area contributed by atoms with E-state index in [9.17, 15) is 15.0 Å². The van der Waals surface area contributed by atoms with Crippen molar-refractivity contribution in [3.8, 4) is 5.75 Å². The third-order valence-corrected chi connectivity index (χ3v) is 7.37. The molecule has 7 nitrogen and oxygen atoms in total. The maximum atomic E-state index is 11.8. The van der Waals surface area contributed by atoms with Crippen LogP contribution in [0.3, 0.4) is 0 Å². The number of nitrogens with zero attached hydrogens (tertiary/aromatic N) is 1. The van der Waals surface area contributed by atoms with Crippen LogP contribution >= 0.6 is 11.6 Å². The molecule has 0 bridgehead atoms. The molecular weight excluding hydrogens is 406 g/mol. The van der Waals surface area contributed by atoms with E-state index in [-0.39, 0.29) is 12.2 Å². The Balaban J connectivity index is 1.30. The zero-order valence-corrected chi connectivity index (χ0v) is 18.0. The Morgan fingerprint density at radius 1 is 1.27 bits per heavy atom. The lowest BCUT2D eigenvalue weighted by atomic mass is 9.82. The molecule has 0 radical (unpaired) electrons. The van der Waals surface area contributed by atoms with Crippen LogP contribution in [0.25, 0.3) is 0 Å². The largest absolute Gasteiger partial charge is 0.489 e. The molecule has 30 heavy (non-hydrogen) atoms. The maximum absolute atomic E-state index is 11.8. The standard InChI is InChI=1S/C22H32ClN3O4/c23-18-11-17(21(25)28)20-16(19(18)24)10-15(30-20)9-13-3-7-26(8-4-13)12-22(29)5-1-14(27)2-6-22/h11,13-15,27,29H,1-10,12,24H2,(H2,25,28). The Hall–Kier alpha value is -1.54. The Morgan fingerprint density at radius 3 is 2.57 bits per heavy atom. The van der Waals surface area contributed by atoms with Gasteiger partial charge in [-0.15, -0.1) is 0 Å². The highest BCUT2D eigenvalue weighted by Gasteiger charge is 2.36. The van der Waals surface area contributed by atoms with Crippen LogP contribution in [0.2, 0.25) is 5.02 Å². The van der Waals surface area contributed by atoms with Crippen LogP contribution < -0.4 is 16.2 Å². The third-order valence-electron chi connectivity index (χ3n) is 7.06. The van der Waals surface area contributed by atoms with E-state index in [1.165, 1.54) is 6.07 Å². The first-order chi connectivity index (χ1) is 14.2. The fourth-order valence-electron chi connectivity index (χ4n) is 5.25. The molecular formula is C22H32ClN3O4. The zero-order chi connectivity index (χ0) is 21.5. The highest BCUT2D eigenvalue weighted by molar-refractivity contribution is 6.33. The molecule has 2 heterocycles. The van der Waals surface area contributed by atoms with Crippen molar-refractivity contribution in [2.45, 2.75) is 69.2 Å². The number of aliphatic hydroxyl groups excluding tert-OH is 1. The number of benzene rings is 1. The monoisotopic (exact) mass is 437 g/mol. The molecule has 3 aliphatic rings. The van der Waals surface area contributed by atoms with Crippen molar-refractivity contribution in [3.05, 3.63) is 22.2 Å². The van der Waals surface area contributed by atoms with E-state index in [1.54, 1.807) is 0 Å². The Kier molecular flexibility index (Phi) is 6.17. The van der Waals surface area contributed by atoms with Crippen molar-refractivity contribution < 1.29 is 19.7 Å². The summed E-state index contributed by atoms with van der Waals surface area (Å²) in [4.78, 5) is 14.1. The Labute approximate surface area is 182 Å². The zero-order valence-electron chi connectivity index (χ0n) is 17.3. The number of nitrogen functional groups attached to an aromatic ring is 1. The van der Waals surface area contributed by atoms with E-state index in [4.69, 9.17) is 27.8 Å². The lowest BCUT2D eigenvalue weighted by molar-refractivity contribution is -0.0579. The van der Waals surface area contributed by atoms with Crippen molar-refractivity contribution in [2.24, 2.45) is 11.7 Å². The van der Waals surface area contributed by atoms with Crippen molar-refractivity contribution >= 4 is 23.2 Å². The minimum absolute atomic E-state index is 0.0283. The first-order valence-electron chi connectivity index (χ1n) is 10.9. The number of ether oxygens (including phenoxy) is 1. The molecule has 1 aliphatic carbocycles. The molecule has 166 valence electrons. The summed E-state index contributed by atoms with van der Waals surface area (Å²) in [6.45, 7) is 2.60. The number of rotatable bonds is 5. The van der Waals surface area contributed by atoms with Crippen LogP contribution in [0, 0.1) is 5.92 Å². The molecule has 2 fully saturated rings. The summed E-state index contributed by atoms with van der Waals surface area (Å²) >= 11 is 6.17. The van der Waals surface area contributed by atoms with E-state index in [1.807, 2.05) is 0 Å². The molecule has 1 saturated carbocycles. The van der Waals surface area contributed by atoms with E-state index in [0.717, 1.165) is 37.9 Å². The number of piperidine rings is 1. The molecule has 1 atom stereocenters. The van der Waals surface area contributed by atoms with Crippen molar-refractivity contribution in [1.29, 1.82) is 0 Å². The predicted octanol–water partition coefficient (Wildman–Crippen LogP) is 2.09. The van der Waals surface area contributed by atoms with Gasteiger partial charge in [-0.2, -0.15) is 0 Å². The minimum atomic E-state index is -0.662. The van der Waals surface area contributed by atoms with Crippen LogP contribution in [0.1, 0.15) is 60.9 Å². The topological polar surface area (TPSA) is 122 Å². The number of halogens is 1. The third kappa shape index (κ3) is 4.54. The first kappa shape index (κ1) is 21.7. The number of carbonyl (C=O) groups is 1. The van der Waals surface area contributed by atoms with Crippen molar-refractivity contribution in [1.82, 2.24) is 4.90 Å². The second-order valence-corrected chi connectivity index (χ2v) is 9.75. The fourth-order valence-corrected chi connectivity index (χ4v) is 5.48. The van der Waals surface area contributed by atoms with Gasteiger partial charge in [-0.05, 0) is 70.0 Å². The average molecular weight is 438 g/mol. The predicted molar refractivity (Wildman–Crippen MR) is 116 cm³/mol. The molecule has 0 spiro atoms. The molecule has 4 rings (SSSR count). The van der Waals surface area contributed by atoms with Crippen LogP contribution in [-0.4, -0.2) is 58.5 Å². The van der Waals surface area contributed by atoms with Crippen molar-refractivity contribution in [3.63, 3.8) is 0 Å². The summed E-state index contributed by atoms with van der Waals surface area (Å²) in [7, 11) is 0. The smallest absolute Gasteiger partial charge is 0.252 e. The number of primary amides is 1. The lowest BCUT2D eigenvalue weighted by Crippen LogP contribution is -2.48. The average Bonchev–Trinajstić information content (AvgIpc) is 3.12. The fraction of sp³-hybridized carbons (Fsp3) is 0.682. The van der Waals surface area contributed by atoms with Crippen LogP contribution in [0.15, 0.2) is 6.07 Å². The number of anilines is 1. The molecule has 1 saturated heterocycles. The molecule has 0 aromatic heterocycles. The summed E-state index contributed by atoms with van der Waals surface area (Å²) in [5.41, 5.74) is 12.5. The van der Waals surface area contributed by atoms with Gasteiger partial charge < -0.3 is 31.3 Å². The molecule has 1 aromatic rings. The number of carbonyl (C=O) groups excluding carboxylic acids is 1. The van der Waals surface area contributed by atoms with Gasteiger partial charge in [-0.3, -0.25) is 4.79 Å². The van der Waals surface area contributed by atoms with E-state index in [2.05, 4.69) is 4.90 Å². The van der Waals surface area contributed by atoms with Gasteiger partial charge >= 0.3 is 0 Å². The van der Waals surface area contributed by atoms with E-state index in [0.29, 0.717) is 66.6 Å². The number of likely N-dealkylation sites (tertiary alicyclic amines) is 1. The highest BCUT2D eigenvalue weighted by Crippen LogP contribution is 2.42. The van der Waals surface area contributed by atoms with Crippen LogP contribution in [-0.2, 0) is 6.42 Å². The van der Waals surface area contributed by atoms with Crippen LogP contribution in [0.5, 0.6) is 5.75 Å². The highest BCUT2D eigenvalue weighted by atomic mass is 35.5. The van der Waals surface area contributed by atoms with Gasteiger partial charge in [-0.1, -0.05) is 11.6 Å². The maximum Gasteiger partial charge on any atom is 0.252 e. The Morgan fingerprint density at radius 2 is 1.93 bits per heavy atom. The van der Waals surface area contributed by atoms with Crippen LogP contribution in [0.4, 0.5) is 5.69 Å². The molecule has 1 amide bonds. The van der Waals surface area contributed by atoms with Gasteiger partial charge in [0.1, 0.15) is 11.9 Å². The van der Waals surface area contributed by atoms with Gasteiger partial charge in [0.15, 0.2) is 0 Å². The lowest BCUT2D eigenvalue weighted by Gasteiger charge is -2.41. The number of amides is 1. The number of hydrogen-bond donors (Lipinski definition) is 4. The summed E-state index contributed by atoms with van der Waals surface area (Å²) < 4.78 is 6.10. The second-order valence-electron chi connectivity index (χ2n) is 9.35. The Bertz CT molecular complexity index is 802. The quantitative estimate of drug-likeness (QED) is 0.523. The number of β-amino-alcohol motifs (C(OH)–C–C–N with tert-alkyl or cyclic N) is 1. The van der Waals surface area contributed by atoms with Crippen molar-refractivity contribution in [2.75, 3.05) is 25.4 Å². The summed E-state index contributed by atoms with van der Waals surface area (Å²) in [6, 6.07) is 1.49. The second kappa shape index (κ2) is 8.54. The summed E-state index contributed by atoms with van der Waals surface area (Å²) in [6.07, 6.45) is 6.08. The van der Waals surface area contributed by atoms with Gasteiger partial charge in [0.2, 0.25) is 0 Å². The SMILES string of the molecule is NC(=O)c1cc(Cl)c(N)c2c1OC(CC1CCN(CC3(O)CCC(O)CC3)CC1)C2. The van der Waals surface area contributed by atoms with Gasteiger partial charge in [0.05, 0.1) is 28.0 Å². The number of nitrogens with two attached hydrogens (primary N) is 2. The number of fused-ring (bicyclic) bond motifs is 1. The van der Waals surface area contributed by atoms with Gasteiger partial charge in [0, 0.05) is 18.5 Å².